The zero-order valence-electron chi connectivity index (χ0n) is 13.3. The van der Waals surface area contributed by atoms with Crippen molar-refractivity contribution >= 4 is 29.1 Å². The predicted molar refractivity (Wildman–Crippen MR) is 94.4 cm³/mol. The highest BCUT2D eigenvalue weighted by atomic mass is 35.5. The van der Waals surface area contributed by atoms with Crippen LogP contribution in [-0.2, 0) is 16.0 Å². The van der Waals surface area contributed by atoms with Crippen molar-refractivity contribution in [2.75, 3.05) is 19.0 Å². The number of ether oxygens (including phenoxy) is 1. The Hall–Kier alpha value is -2.53. The molecule has 2 amide bonds. The molecule has 5 nitrogen and oxygen atoms in total. The van der Waals surface area contributed by atoms with Gasteiger partial charge in [-0.25, -0.2) is 0 Å². The fourth-order valence-corrected chi connectivity index (χ4v) is 2.34. The number of hydrogen-bond acceptors (Lipinski definition) is 3. The quantitative estimate of drug-likeness (QED) is 0.757. The van der Waals surface area contributed by atoms with Gasteiger partial charge in [0.25, 0.3) is 0 Å². The van der Waals surface area contributed by atoms with Crippen LogP contribution in [0, 0.1) is 0 Å². The maximum atomic E-state index is 11.8. The summed E-state index contributed by atoms with van der Waals surface area (Å²) in [6.07, 6.45) is 0.438. The summed E-state index contributed by atoms with van der Waals surface area (Å²) in [4.78, 5) is 23.6. The summed E-state index contributed by atoms with van der Waals surface area (Å²) >= 11 is 5.90. The van der Waals surface area contributed by atoms with Gasteiger partial charge in [0.05, 0.1) is 7.11 Å². The predicted octanol–water partition coefficient (Wildman–Crippen LogP) is 3.04. The minimum absolute atomic E-state index is 0.221. The van der Waals surface area contributed by atoms with E-state index in [1.54, 1.807) is 37.4 Å². The average molecular weight is 347 g/mol. The Bertz CT molecular complexity index is 702. The summed E-state index contributed by atoms with van der Waals surface area (Å²) in [6, 6.07) is 14.4. The lowest BCUT2D eigenvalue weighted by molar-refractivity contribution is -0.126. The Morgan fingerprint density at radius 1 is 1.08 bits per heavy atom. The lowest BCUT2D eigenvalue weighted by atomic mass is 10.1. The van der Waals surface area contributed by atoms with Gasteiger partial charge in [-0.3, -0.25) is 9.59 Å². The molecule has 2 rings (SSSR count). The molecular formula is C18H19ClN2O3. The molecule has 24 heavy (non-hydrogen) atoms. The number of anilines is 1. The molecule has 2 aromatic carbocycles. The highest BCUT2D eigenvalue weighted by molar-refractivity contribution is 6.30. The number of carbonyl (C=O) groups is 2. The van der Waals surface area contributed by atoms with Crippen LogP contribution in [0.4, 0.5) is 5.69 Å². The van der Waals surface area contributed by atoms with Crippen molar-refractivity contribution in [1.29, 1.82) is 0 Å². The van der Waals surface area contributed by atoms with Gasteiger partial charge >= 0.3 is 0 Å². The molecule has 2 N–H and O–H groups in total. The van der Waals surface area contributed by atoms with Crippen LogP contribution in [0.3, 0.4) is 0 Å². The van der Waals surface area contributed by atoms with E-state index in [0.29, 0.717) is 29.4 Å². The number of carbonyl (C=O) groups excluding carboxylic acids is 2. The van der Waals surface area contributed by atoms with Gasteiger partial charge in [0.1, 0.15) is 12.2 Å². The van der Waals surface area contributed by atoms with E-state index in [0.717, 1.165) is 5.56 Å². The number of methoxy groups -OCH3 is 1. The summed E-state index contributed by atoms with van der Waals surface area (Å²) in [7, 11) is 1.57. The Kier molecular flexibility index (Phi) is 6.63. The highest BCUT2D eigenvalue weighted by Gasteiger charge is 2.09. The first-order valence-corrected chi connectivity index (χ1v) is 7.89. The van der Waals surface area contributed by atoms with Crippen molar-refractivity contribution < 1.29 is 14.3 Å². The van der Waals surface area contributed by atoms with Gasteiger partial charge in [-0.15, -0.1) is 0 Å². The van der Waals surface area contributed by atoms with Gasteiger partial charge in [0.15, 0.2) is 0 Å². The van der Waals surface area contributed by atoms with Gasteiger partial charge in [0, 0.05) is 17.3 Å². The number of halogens is 1. The molecular weight excluding hydrogens is 328 g/mol. The Morgan fingerprint density at radius 2 is 1.83 bits per heavy atom. The van der Waals surface area contributed by atoms with Gasteiger partial charge < -0.3 is 15.4 Å². The molecule has 0 radical (unpaired) electrons. The van der Waals surface area contributed by atoms with E-state index in [-0.39, 0.29) is 18.2 Å². The number of hydrogen-bond donors (Lipinski definition) is 2. The van der Waals surface area contributed by atoms with Crippen molar-refractivity contribution in [3.63, 3.8) is 0 Å². The van der Waals surface area contributed by atoms with Crippen LogP contribution in [0.25, 0.3) is 0 Å². The Morgan fingerprint density at radius 3 is 2.50 bits per heavy atom. The summed E-state index contributed by atoms with van der Waals surface area (Å²) in [5, 5.41) is 6.05. The maximum Gasteiger partial charge on any atom is 0.233 e. The normalized spacial score (nSPS) is 10.1. The first-order valence-electron chi connectivity index (χ1n) is 7.52. The summed E-state index contributed by atoms with van der Waals surface area (Å²) < 4.78 is 5.04. The van der Waals surface area contributed by atoms with Crippen molar-refractivity contribution in [3.8, 4) is 5.75 Å². The standard InChI is InChI=1S/C18H19ClN2O3/c1-24-16-7-5-15(6-8-16)21-18(23)12-17(22)20-10-9-13-3-2-4-14(19)11-13/h2-8,11H,9-10,12H2,1H3,(H,20,22)(H,21,23). The molecule has 0 heterocycles. The molecule has 0 spiro atoms. The van der Waals surface area contributed by atoms with E-state index in [9.17, 15) is 9.59 Å². The van der Waals surface area contributed by atoms with E-state index < -0.39 is 0 Å². The fraction of sp³-hybridized carbons (Fsp3) is 0.222. The van der Waals surface area contributed by atoms with E-state index in [4.69, 9.17) is 16.3 Å². The van der Waals surface area contributed by atoms with Gasteiger partial charge in [-0.05, 0) is 48.4 Å². The van der Waals surface area contributed by atoms with E-state index in [1.807, 2.05) is 18.2 Å². The van der Waals surface area contributed by atoms with Crippen LogP contribution >= 0.6 is 11.6 Å². The molecule has 126 valence electrons. The van der Waals surface area contributed by atoms with E-state index >= 15 is 0 Å². The molecule has 0 aliphatic carbocycles. The molecule has 0 aliphatic heterocycles. The summed E-state index contributed by atoms with van der Waals surface area (Å²) in [5.74, 6) is 0.0234. The second kappa shape index (κ2) is 8.93. The monoisotopic (exact) mass is 346 g/mol. The molecule has 2 aromatic rings. The lowest BCUT2D eigenvalue weighted by Crippen LogP contribution is -2.29. The third kappa shape index (κ3) is 5.93. The Labute approximate surface area is 146 Å². The first kappa shape index (κ1) is 17.8. The minimum Gasteiger partial charge on any atom is -0.497 e. The molecule has 0 saturated carbocycles. The largest absolute Gasteiger partial charge is 0.497 e. The topological polar surface area (TPSA) is 67.4 Å². The average Bonchev–Trinajstić information content (AvgIpc) is 2.55. The zero-order valence-corrected chi connectivity index (χ0v) is 14.1. The third-order valence-electron chi connectivity index (χ3n) is 3.32. The lowest BCUT2D eigenvalue weighted by Gasteiger charge is -2.07. The van der Waals surface area contributed by atoms with E-state index in [1.165, 1.54) is 0 Å². The minimum atomic E-state index is -0.361. The summed E-state index contributed by atoms with van der Waals surface area (Å²) in [6.45, 7) is 0.453. The van der Waals surface area contributed by atoms with Crippen LogP contribution in [0.1, 0.15) is 12.0 Å². The molecule has 6 heteroatoms. The van der Waals surface area contributed by atoms with Gasteiger partial charge in [-0.2, -0.15) is 0 Å². The molecule has 0 atom stereocenters. The number of rotatable bonds is 7. The second-order valence-electron chi connectivity index (χ2n) is 5.18. The maximum absolute atomic E-state index is 11.8. The molecule has 0 aliphatic rings. The van der Waals surface area contributed by atoms with Crippen LogP contribution in [-0.4, -0.2) is 25.5 Å². The molecule has 0 unspecified atom stereocenters. The van der Waals surface area contributed by atoms with Crippen molar-refractivity contribution in [3.05, 3.63) is 59.1 Å². The second-order valence-corrected chi connectivity index (χ2v) is 5.62. The van der Waals surface area contributed by atoms with Crippen molar-refractivity contribution in [1.82, 2.24) is 5.32 Å². The number of nitrogens with one attached hydrogen (secondary N) is 2. The zero-order chi connectivity index (χ0) is 17.4. The van der Waals surface area contributed by atoms with Gasteiger partial charge in [0.2, 0.25) is 11.8 Å². The van der Waals surface area contributed by atoms with Crippen LogP contribution in [0.15, 0.2) is 48.5 Å². The first-order chi connectivity index (χ1) is 11.6. The van der Waals surface area contributed by atoms with Crippen LogP contribution in [0.2, 0.25) is 5.02 Å². The number of benzene rings is 2. The fourth-order valence-electron chi connectivity index (χ4n) is 2.13. The SMILES string of the molecule is COc1ccc(NC(=O)CC(=O)NCCc2cccc(Cl)c2)cc1. The van der Waals surface area contributed by atoms with Gasteiger partial charge in [-0.1, -0.05) is 23.7 Å². The summed E-state index contributed by atoms with van der Waals surface area (Å²) in [5.41, 5.74) is 1.65. The highest BCUT2D eigenvalue weighted by Crippen LogP contribution is 2.15. The third-order valence-corrected chi connectivity index (χ3v) is 3.55. The number of amides is 2. The molecule has 0 saturated heterocycles. The Balaban J connectivity index is 1.72. The van der Waals surface area contributed by atoms with Crippen molar-refractivity contribution in [2.45, 2.75) is 12.8 Å². The molecule has 0 bridgehead atoms. The van der Waals surface area contributed by atoms with Crippen molar-refractivity contribution in [2.24, 2.45) is 0 Å². The molecule has 0 aromatic heterocycles. The smallest absolute Gasteiger partial charge is 0.233 e. The van der Waals surface area contributed by atoms with Crippen LogP contribution < -0.4 is 15.4 Å². The molecule has 0 fully saturated rings. The van der Waals surface area contributed by atoms with Crippen LogP contribution in [0.5, 0.6) is 5.75 Å². The van der Waals surface area contributed by atoms with E-state index in [2.05, 4.69) is 10.6 Å².